The fourth-order valence-electron chi connectivity index (χ4n) is 2.78. The van der Waals surface area contributed by atoms with Crippen molar-refractivity contribution in [1.82, 2.24) is 9.55 Å². The van der Waals surface area contributed by atoms with Gasteiger partial charge in [-0.15, -0.1) is 0 Å². The molecule has 5 heteroatoms. The van der Waals surface area contributed by atoms with Gasteiger partial charge in [0.1, 0.15) is 0 Å². The van der Waals surface area contributed by atoms with Crippen LogP contribution in [-0.4, -0.2) is 28.5 Å². The summed E-state index contributed by atoms with van der Waals surface area (Å²) in [4.78, 5) is 18.1. The topological polar surface area (TPSA) is 64.2 Å². The number of imidazole rings is 1. The third-order valence-electron chi connectivity index (χ3n) is 3.94. The summed E-state index contributed by atoms with van der Waals surface area (Å²) in [5.41, 5.74) is 7.51. The number of rotatable bonds is 2. The van der Waals surface area contributed by atoms with Crippen molar-refractivity contribution in [2.45, 2.75) is 12.8 Å². The molecule has 0 spiro atoms. The SMILES string of the molecule is Cn1c(N2CCC(C(N)=O)CC2)nc2ccccc21. The zero-order chi connectivity index (χ0) is 13.4. The lowest BCUT2D eigenvalue weighted by atomic mass is 9.96. The normalized spacial score (nSPS) is 17.0. The van der Waals surface area contributed by atoms with Crippen molar-refractivity contribution in [1.29, 1.82) is 0 Å². The standard InChI is InChI=1S/C14H18N4O/c1-17-12-5-3-2-4-11(12)16-14(17)18-8-6-10(7-9-18)13(15)19/h2-5,10H,6-9H2,1H3,(H2,15,19). The number of carbonyl (C=O) groups is 1. The first-order valence-electron chi connectivity index (χ1n) is 6.62. The zero-order valence-corrected chi connectivity index (χ0v) is 11.0. The summed E-state index contributed by atoms with van der Waals surface area (Å²) in [5, 5.41) is 0. The van der Waals surface area contributed by atoms with Crippen LogP contribution in [-0.2, 0) is 11.8 Å². The molecule has 100 valence electrons. The number of primary amides is 1. The number of nitrogens with two attached hydrogens (primary N) is 1. The smallest absolute Gasteiger partial charge is 0.220 e. The van der Waals surface area contributed by atoms with Gasteiger partial charge >= 0.3 is 0 Å². The number of hydrogen-bond acceptors (Lipinski definition) is 3. The Morgan fingerprint density at radius 2 is 2.00 bits per heavy atom. The van der Waals surface area contributed by atoms with E-state index in [1.54, 1.807) is 0 Å². The molecule has 1 saturated heterocycles. The van der Waals surface area contributed by atoms with E-state index in [1.807, 2.05) is 25.2 Å². The maximum Gasteiger partial charge on any atom is 0.220 e. The lowest BCUT2D eigenvalue weighted by molar-refractivity contribution is -0.122. The number of piperidine rings is 1. The molecule has 1 aliphatic rings. The Morgan fingerprint density at radius 1 is 1.32 bits per heavy atom. The monoisotopic (exact) mass is 258 g/mol. The molecular weight excluding hydrogens is 240 g/mol. The molecule has 0 radical (unpaired) electrons. The number of benzene rings is 1. The first kappa shape index (κ1) is 12.0. The molecule has 1 fully saturated rings. The zero-order valence-electron chi connectivity index (χ0n) is 11.0. The third-order valence-corrected chi connectivity index (χ3v) is 3.94. The van der Waals surface area contributed by atoms with Crippen molar-refractivity contribution < 1.29 is 4.79 Å². The average molecular weight is 258 g/mol. The molecule has 5 nitrogen and oxygen atoms in total. The van der Waals surface area contributed by atoms with Gasteiger partial charge in [-0.1, -0.05) is 12.1 Å². The fourth-order valence-corrected chi connectivity index (χ4v) is 2.78. The number of hydrogen-bond donors (Lipinski definition) is 1. The minimum Gasteiger partial charge on any atom is -0.369 e. The molecule has 1 amide bonds. The molecule has 1 aromatic heterocycles. The third kappa shape index (κ3) is 2.05. The Bertz CT molecular complexity index is 611. The van der Waals surface area contributed by atoms with Crippen LogP contribution in [0.2, 0.25) is 0 Å². The molecule has 1 aromatic carbocycles. The number of amides is 1. The molecule has 0 saturated carbocycles. The molecule has 0 atom stereocenters. The van der Waals surface area contributed by atoms with Crippen LogP contribution in [0.5, 0.6) is 0 Å². The second-order valence-corrected chi connectivity index (χ2v) is 5.12. The van der Waals surface area contributed by atoms with E-state index in [1.165, 1.54) is 0 Å². The van der Waals surface area contributed by atoms with E-state index < -0.39 is 0 Å². The van der Waals surface area contributed by atoms with Crippen molar-refractivity contribution in [3.8, 4) is 0 Å². The number of aryl methyl sites for hydroxylation is 1. The molecule has 2 N–H and O–H groups in total. The van der Waals surface area contributed by atoms with Crippen LogP contribution in [0.3, 0.4) is 0 Å². The molecule has 3 rings (SSSR count). The van der Waals surface area contributed by atoms with Crippen molar-refractivity contribution in [2.75, 3.05) is 18.0 Å². The van der Waals surface area contributed by atoms with E-state index in [4.69, 9.17) is 5.73 Å². The van der Waals surface area contributed by atoms with Crippen LogP contribution >= 0.6 is 0 Å². The van der Waals surface area contributed by atoms with Crippen LogP contribution in [0.1, 0.15) is 12.8 Å². The van der Waals surface area contributed by atoms with Crippen LogP contribution in [0, 0.1) is 5.92 Å². The molecule has 19 heavy (non-hydrogen) atoms. The minimum absolute atomic E-state index is 0.0194. The van der Waals surface area contributed by atoms with Crippen LogP contribution < -0.4 is 10.6 Å². The van der Waals surface area contributed by atoms with E-state index in [0.29, 0.717) is 0 Å². The summed E-state index contributed by atoms with van der Waals surface area (Å²) in [6.07, 6.45) is 1.64. The van der Waals surface area contributed by atoms with E-state index in [-0.39, 0.29) is 11.8 Å². The van der Waals surface area contributed by atoms with Gasteiger partial charge in [-0.05, 0) is 25.0 Å². The lowest BCUT2D eigenvalue weighted by Crippen LogP contribution is -2.39. The van der Waals surface area contributed by atoms with Crippen LogP contribution in [0.4, 0.5) is 5.95 Å². The fraction of sp³-hybridized carbons (Fsp3) is 0.429. The van der Waals surface area contributed by atoms with Gasteiger partial charge in [-0.25, -0.2) is 4.98 Å². The van der Waals surface area contributed by atoms with Gasteiger partial charge in [-0.2, -0.15) is 0 Å². The highest BCUT2D eigenvalue weighted by molar-refractivity contribution is 5.79. The molecule has 2 heterocycles. The number of aromatic nitrogens is 2. The average Bonchev–Trinajstić information content (AvgIpc) is 2.77. The Morgan fingerprint density at radius 3 is 2.63 bits per heavy atom. The van der Waals surface area contributed by atoms with Gasteiger partial charge in [-0.3, -0.25) is 4.79 Å². The Hall–Kier alpha value is -2.04. The Labute approximate surface area is 112 Å². The van der Waals surface area contributed by atoms with Crippen molar-refractivity contribution in [3.63, 3.8) is 0 Å². The number of para-hydroxylation sites is 2. The summed E-state index contributed by atoms with van der Waals surface area (Å²) in [6.45, 7) is 1.68. The second-order valence-electron chi connectivity index (χ2n) is 5.12. The number of fused-ring (bicyclic) bond motifs is 1. The highest BCUT2D eigenvalue weighted by atomic mass is 16.1. The van der Waals surface area contributed by atoms with Crippen LogP contribution in [0.15, 0.2) is 24.3 Å². The van der Waals surface area contributed by atoms with E-state index >= 15 is 0 Å². The second kappa shape index (κ2) is 4.57. The van der Waals surface area contributed by atoms with Gasteiger partial charge in [0, 0.05) is 26.1 Å². The summed E-state index contributed by atoms with van der Waals surface area (Å²) in [7, 11) is 2.03. The lowest BCUT2D eigenvalue weighted by Gasteiger charge is -2.31. The molecule has 0 bridgehead atoms. The molecule has 0 aliphatic carbocycles. The number of anilines is 1. The molecule has 0 unspecified atom stereocenters. The van der Waals surface area contributed by atoms with Gasteiger partial charge in [0.15, 0.2) is 0 Å². The maximum atomic E-state index is 11.2. The molecular formula is C14H18N4O. The highest BCUT2D eigenvalue weighted by Gasteiger charge is 2.25. The Balaban J connectivity index is 1.86. The van der Waals surface area contributed by atoms with Crippen molar-refractivity contribution in [2.24, 2.45) is 18.7 Å². The highest BCUT2D eigenvalue weighted by Crippen LogP contribution is 2.25. The number of carbonyl (C=O) groups excluding carboxylic acids is 1. The minimum atomic E-state index is -0.176. The molecule has 2 aromatic rings. The summed E-state index contributed by atoms with van der Waals surface area (Å²) in [5.74, 6) is 0.819. The van der Waals surface area contributed by atoms with Gasteiger partial charge in [0.2, 0.25) is 11.9 Å². The first-order valence-corrected chi connectivity index (χ1v) is 6.62. The molecule has 1 aliphatic heterocycles. The first-order chi connectivity index (χ1) is 9.16. The van der Waals surface area contributed by atoms with Gasteiger partial charge < -0.3 is 15.2 Å². The Kier molecular flexibility index (Phi) is 2.89. The predicted octanol–water partition coefficient (Wildman–Crippen LogP) is 1.27. The van der Waals surface area contributed by atoms with E-state index in [0.717, 1.165) is 42.9 Å². The quantitative estimate of drug-likeness (QED) is 0.882. The van der Waals surface area contributed by atoms with Crippen LogP contribution in [0.25, 0.3) is 11.0 Å². The summed E-state index contributed by atoms with van der Waals surface area (Å²) >= 11 is 0. The van der Waals surface area contributed by atoms with Gasteiger partial charge in [0.25, 0.3) is 0 Å². The summed E-state index contributed by atoms with van der Waals surface area (Å²) < 4.78 is 2.11. The van der Waals surface area contributed by atoms with Crippen molar-refractivity contribution >= 4 is 22.9 Å². The largest absolute Gasteiger partial charge is 0.369 e. The van der Waals surface area contributed by atoms with E-state index in [2.05, 4.69) is 20.5 Å². The maximum absolute atomic E-state index is 11.2. The van der Waals surface area contributed by atoms with E-state index in [9.17, 15) is 4.79 Å². The van der Waals surface area contributed by atoms with Gasteiger partial charge in [0.05, 0.1) is 11.0 Å². The van der Waals surface area contributed by atoms with Crippen molar-refractivity contribution in [3.05, 3.63) is 24.3 Å². The summed E-state index contributed by atoms with van der Waals surface area (Å²) in [6, 6.07) is 8.11. The number of nitrogens with zero attached hydrogens (tertiary/aromatic N) is 3. The predicted molar refractivity (Wildman–Crippen MR) is 74.8 cm³/mol.